The number of carbonyl (C=O) groups excluding carboxylic acids is 1. The molecule has 6 aliphatic rings. The fourth-order valence-corrected chi connectivity index (χ4v) is 7.65. The van der Waals surface area contributed by atoms with Crippen LogP contribution in [-0.2, 0) is 9.53 Å². The molecule has 5 saturated carbocycles. The second kappa shape index (κ2) is 5.69. The Bertz CT molecular complexity index is 514. The average Bonchev–Trinajstić information content (AvgIpc) is 2.60. The molecule has 2 unspecified atom stereocenters. The Morgan fingerprint density at radius 3 is 2.08 bits per heavy atom. The van der Waals surface area contributed by atoms with Crippen LogP contribution < -0.4 is 0 Å². The molecule has 6 rings (SSSR count). The SMILES string of the molecule is CCOC1CC(O)C12CCN(C(=O)C13CC4CC(CC(C4)C1)C3)CC2. The van der Waals surface area contributed by atoms with Crippen LogP contribution in [0.3, 0.4) is 0 Å². The monoisotopic (exact) mass is 347 g/mol. The van der Waals surface area contributed by atoms with Crippen LogP contribution in [0.15, 0.2) is 0 Å². The van der Waals surface area contributed by atoms with Crippen molar-refractivity contribution in [1.29, 1.82) is 0 Å². The van der Waals surface area contributed by atoms with Crippen LogP contribution in [0.2, 0.25) is 0 Å². The Morgan fingerprint density at radius 1 is 1.04 bits per heavy atom. The highest BCUT2D eigenvalue weighted by Crippen LogP contribution is 2.61. The molecule has 0 radical (unpaired) electrons. The lowest BCUT2D eigenvalue weighted by molar-refractivity contribution is -0.212. The first-order chi connectivity index (χ1) is 12.0. The minimum atomic E-state index is -0.235. The summed E-state index contributed by atoms with van der Waals surface area (Å²) in [5.74, 6) is 2.93. The number of hydrogen-bond acceptors (Lipinski definition) is 3. The number of carbonyl (C=O) groups is 1. The summed E-state index contributed by atoms with van der Waals surface area (Å²) in [5, 5.41) is 10.4. The Hall–Kier alpha value is -0.610. The average molecular weight is 347 g/mol. The van der Waals surface area contributed by atoms with E-state index >= 15 is 0 Å². The van der Waals surface area contributed by atoms with Crippen molar-refractivity contribution in [3.63, 3.8) is 0 Å². The number of likely N-dealkylation sites (tertiary alicyclic amines) is 1. The Balaban J connectivity index is 1.28. The molecule has 0 aromatic heterocycles. The van der Waals surface area contributed by atoms with E-state index in [1.165, 1.54) is 19.3 Å². The second-order valence-electron chi connectivity index (χ2n) is 9.92. The standard InChI is InChI=1S/C21H33NO3/c1-2-25-18-10-17(23)21(18)3-5-22(6-4-21)19(24)20-11-14-7-15(12-20)9-16(8-14)13-20/h14-18,23H,2-13H2,1H3. The predicted molar refractivity (Wildman–Crippen MR) is 94.9 cm³/mol. The number of hydrogen-bond donors (Lipinski definition) is 1. The zero-order valence-corrected chi connectivity index (χ0v) is 15.6. The maximum atomic E-state index is 13.5. The van der Waals surface area contributed by atoms with E-state index < -0.39 is 0 Å². The molecule has 0 aromatic carbocycles. The van der Waals surface area contributed by atoms with Gasteiger partial charge in [0.2, 0.25) is 5.91 Å². The van der Waals surface area contributed by atoms with Gasteiger partial charge in [0, 0.05) is 31.5 Å². The van der Waals surface area contributed by atoms with E-state index in [0.717, 1.165) is 76.0 Å². The normalized spacial score (nSPS) is 47.1. The predicted octanol–water partition coefficient (Wildman–Crippen LogP) is 2.98. The van der Waals surface area contributed by atoms with E-state index in [2.05, 4.69) is 4.90 Å². The summed E-state index contributed by atoms with van der Waals surface area (Å²) in [7, 11) is 0. The molecule has 1 N–H and O–H groups in total. The van der Waals surface area contributed by atoms with Crippen molar-refractivity contribution < 1.29 is 14.6 Å². The highest BCUT2D eigenvalue weighted by molar-refractivity contribution is 5.83. The fourth-order valence-electron chi connectivity index (χ4n) is 7.65. The minimum Gasteiger partial charge on any atom is -0.392 e. The van der Waals surface area contributed by atoms with Crippen LogP contribution in [0, 0.1) is 28.6 Å². The molecule has 2 atom stereocenters. The van der Waals surface area contributed by atoms with Gasteiger partial charge in [0.25, 0.3) is 0 Å². The zero-order chi connectivity index (χ0) is 17.2. The molecule has 1 amide bonds. The molecule has 0 aromatic rings. The third kappa shape index (κ3) is 2.36. The van der Waals surface area contributed by atoms with Crippen LogP contribution >= 0.6 is 0 Å². The third-order valence-corrected chi connectivity index (χ3v) is 8.58. The Labute approximate surface area is 151 Å². The van der Waals surface area contributed by atoms with Crippen molar-refractivity contribution in [1.82, 2.24) is 4.90 Å². The lowest BCUT2D eigenvalue weighted by Crippen LogP contribution is -2.64. The van der Waals surface area contributed by atoms with Crippen molar-refractivity contribution in [2.75, 3.05) is 19.7 Å². The Kier molecular flexibility index (Phi) is 3.77. The van der Waals surface area contributed by atoms with Gasteiger partial charge in [-0.25, -0.2) is 0 Å². The third-order valence-electron chi connectivity index (χ3n) is 8.58. The molecule has 4 heteroatoms. The van der Waals surface area contributed by atoms with Gasteiger partial charge in [-0.05, 0) is 76.0 Å². The molecule has 4 bridgehead atoms. The first-order valence-corrected chi connectivity index (χ1v) is 10.6. The van der Waals surface area contributed by atoms with E-state index in [0.29, 0.717) is 5.91 Å². The van der Waals surface area contributed by atoms with Crippen molar-refractivity contribution in [3.8, 4) is 0 Å². The number of ether oxygens (including phenoxy) is 1. The molecule has 6 fully saturated rings. The zero-order valence-electron chi connectivity index (χ0n) is 15.6. The smallest absolute Gasteiger partial charge is 0.228 e. The number of amides is 1. The van der Waals surface area contributed by atoms with E-state index in [9.17, 15) is 9.90 Å². The molecule has 4 nitrogen and oxygen atoms in total. The molecular weight excluding hydrogens is 314 g/mol. The van der Waals surface area contributed by atoms with Crippen LogP contribution in [0.25, 0.3) is 0 Å². The van der Waals surface area contributed by atoms with Gasteiger partial charge in [-0.1, -0.05) is 0 Å². The van der Waals surface area contributed by atoms with E-state index in [1.54, 1.807) is 0 Å². The van der Waals surface area contributed by atoms with Gasteiger partial charge in [-0.3, -0.25) is 4.79 Å². The van der Waals surface area contributed by atoms with Gasteiger partial charge in [0.15, 0.2) is 0 Å². The first kappa shape index (κ1) is 16.6. The van der Waals surface area contributed by atoms with Crippen LogP contribution in [-0.4, -0.2) is 47.8 Å². The molecular formula is C21H33NO3. The van der Waals surface area contributed by atoms with E-state index in [1.807, 2.05) is 6.92 Å². The number of piperidine rings is 1. The molecule has 25 heavy (non-hydrogen) atoms. The van der Waals surface area contributed by atoms with Crippen LogP contribution in [0.4, 0.5) is 0 Å². The molecule has 1 aliphatic heterocycles. The molecule has 1 spiro atoms. The van der Waals surface area contributed by atoms with Crippen LogP contribution in [0.5, 0.6) is 0 Å². The number of rotatable bonds is 3. The lowest BCUT2D eigenvalue weighted by Gasteiger charge is -2.59. The largest absolute Gasteiger partial charge is 0.392 e. The summed E-state index contributed by atoms with van der Waals surface area (Å²) >= 11 is 0. The van der Waals surface area contributed by atoms with Crippen molar-refractivity contribution >= 4 is 5.91 Å². The highest BCUT2D eigenvalue weighted by Gasteiger charge is 2.59. The van der Waals surface area contributed by atoms with Crippen molar-refractivity contribution in [2.45, 2.75) is 76.9 Å². The molecule has 5 aliphatic carbocycles. The summed E-state index contributed by atoms with van der Waals surface area (Å²) in [4.78, 5) is 15.6. The minimum absolute atomic E-state index is 0.0171. The highest BCUT2D eigenvalue weighted by atomic mass is 16.5. The molecule has 140 valence electrons. The van der Waals surface area contributed by atoms with Crippen molar-refractivity contribution in [3.05, 3.63) is 0 Å². The van der Waals surface area contributed by atoms with E-state index in [4.69, 9.17) is 4.74 Å². The summed E-state index contributed by atoms with van der Waals surface area (Å²) in [6.45, 7) is 4.39. The van der Waals surface area contributed by atoms with E-state index in [-0.39, 0.29) is 23.0 Å². The van der Waals surface area contributed by atoms with Gasteiger partial charge in [-0.15, -0.1) is 0 Å². The van der Waals surface area contributed by atoms with Gasteiger partial charge < -0.3 is 14.7 Å². The Morgan fingerprint density at radius 2 is 1.60 bits per heavy atom. The van der Waals surface area contributed by atoms with Gasteiger partial charge in [0.05, 0.1) is 17.6 Å². The van der Waals surface area contributed by atoms with Crippen LogP contribution in [0.1, 0.15) is 64.7 Å². The van der Waals surface area contributed by atoms with Gasteiger partial charge >= 0.3 is 0 Å². The number of aliphatic hydroxyl groups excluding tert-OH is 1. The maximum Gasteiger partial charge on any atom is 0.228 e. The summed E-state index contributed by atoms with van der Waals surface area (Å²) in [6.07, 6.45) is 10.2. The first-order valence-electron chi connectivity index (χ1n) is 10.6. The van der Waals surface area contributed by atoms with Gasteiger partial charge in [0.1, 0.15) is 0 Å². The number of nitrogens with zero attached hydrogens (tertiary/aromatic N) is 1. The summed E-state index contributed by atoms with van der Waals surface area (Å²) in [6, 6.07) is 0. The topological polar surface area (TPSA) is 49.8 Å². The number of aliphatic hydroxyl groups is 1. The molecule has 1 saturated heterocycles. The van der Waals surface area contributed by atoms with Crippen molar-refractivity contribution in [2.24, 2.45) is 28.6 Å². The quantitative estimate of drug-likeness (QED) is 0.854. The fraction of sp³-hybridized carbons (Fsp3) is 0.952. The summed E-state index contributed by atoms with van der Waals surface area (Å²) in [5.41, 5.74) is -0.0922. The lowest BCUT2D eigenvalue weighted by atomic mass is 9.49. The summed E-state index contributed by atoms with van der Waals surface area (Å²) < 4.78 is 5.87. The maximum absolute atomic E-state index is 13.5. The molecule has 1 heterocycles. The van der Waals surface area contributed by atoms with Gasteiger partial charge in [-0.2, -0.15) is 0 Å². The second-order valence-corrected chi connectivity index (χ2v) is 9.92.